The standard InChI is InChI=1S/C14H11ClFN3O/c1-2-20-12-6-5-11-14(18-12)19-13(17-11)8-3-4-10(16)9(15)7-8/h3-7H,2H2,1H3,(H,17,18,19). The maximum absolute atomic E-state index is 13.2. The molecule has 4 nitrogen and oxygen atoms in total. The summed E-state index contributed by atoms with van der Waals surface area (Å²) in [5.41, 5.74) is 2.03. The number of hydrogen-bond donors (Lipinski definition) is 1. The molecule has 0 saturated carbocycles. The Hall–Kier alpha value is -2.14. The number of benzene rings is 1. The summed E-state index contributed by atoms with van der Waals surface area (Å²) in [5.74, 6) is 0.654. The van der Waals surface area contributed by atoms with E-state index in [2.05, 4.69) is 15.0 Å². The van der Waals surface area contributed by atoms with Crippen LogP contribution in [0.4, 0.5) is 4.39 Å². The number of imidazole rings is 1. The van der Waals surface area contributed by atoms with Gasteiger partial charge in [-0.1, -0.05) is 11.6 Å². The molecule has 0 radical (unpaired) electrons. The van der Waals surface area contributed by atoms with E-state index in [1.165, 1.54) is 12.1 Å². The van der Waals surface area contributed by atoms with Crippen molar-refractivity contribution in [2.24, 2.45) is 0 Å². The lowest BCUT2D eigenvalue weighted by Gasteiger charge is -1.99. The molecule has 0 atom stereocenters. The van der Waals surface area contributed by atoms with Gasteiger partial charge in [-0.2, -0.15) is 4.98 Å². The molecular formula is C14H11ClFN3O. The predicted molar refractivity (Wildman–Crippen MR) is 75.5 cm³/mol. The van der Waals surface area contributed by atoms with E-state index in [0.717, 1.165) is 5.52 Å². The van der Waals surface area contributed by atoms with Crippen molar-refractivity contribution in [2.75, 3.05) is 6.61 Å². The number of H-pyrrole nitrogens is 1. The third-order valence-corrected chi connectivity index (χ3v) is 3.10. The SMILES string of the molecule is CCOc1ccc2[nH]c(-c3ccc(F)c(Cl)c3)nc2n1. The fourth-order valence-electron chi connectivity index (χ4n) is 1.88. The normalized spacial score (nSPS) is 10.9. The number of nitrogens with zero attached hydrogens (tertiary/aromatic N) is 2. The van der Waals surface area contributed by atoms with Crippen molar-refractivity contribution in [2.45, 2.75) is 6.92 Å². The highest BCUT2D eigenvalue weighted by atomic mass is 35.5. The zero-order valence-corrected chi connectivity index (χ0v) is 11.4. The van der Waals surface area contributed by atoms with Crippen LogP contribution in [0, 0.1) is 5.82 Å². The number of aromatic nitrogens is 3. The maximum atomic E-state index is 13.2. The van der Waals surface area contributed by atoms with Crippen molar-refractivity contribution in [3.05, 3.63) is 41.2 Å². The molecule has 0 saturated heterocycles. The fourth-order valence-corrected chi connectivity index (χ4v) is 2.06. The Morgan fingerprint density at radius 2 is 2.10 bits per heavy atom. The van der Waals surface area contributed by atoms with Gasteiger partial charge in [0.2, 0.25) is 5.88 Å². The summed E-state index contributed by atoms with van der Waals surface area (Å²) in [6.45, 7) is 2.44. The molecule has 2 heterocycles. The van der Waals surface area contributed by atoms with Crippen LogP contribution in [0.2, 0.25) is 5.02 Å². The molecule has 2 aromatic heterocycles. The second-order valence-corrected chi connectivity index (χ2v) is 4.58. The summed E-state index contributed by atoms with van der Waals surface area (Å²) in [5, 5.41) is 0.0610. The van der Waals surface area contributed by atoms with Crippen molar-refractivity contribution in [1.82, 2.24) is 15.0 Å². The van der Waals surface area contributed by atoms with Crippen LogP contribution in [-0.2, 0) is 0 Å². The van der Waals surface area contributed by atoms with Crippen LogP contribution in [0.3, 0.4) is 0 Å². The van der Waals surface area contributed by atoms with Gasteiger partial charge >= 0.3 is 0 Å². The number of nitrogens with one attached hydrogen (secondary N) is 1. The Balaban J connectivity index is 2.05. The zero-order valence-electron chi connectivity index (χ0n) is 10.7. The number of halogens is 2. The molecule has 1 N–H and O–H groups in total. The highest BCUT2D eigenvalue weighted by Gasteiger charge is 2.09. The largest absolute Gasteiger partial charge is 0.478 e. The van der Waals surface area contributed by atoms with Crippen molar-refractivity contribution in [3.8, 4) is 17.3 Å². The average molecular weight is 292 g/mol. The minimum atomic E-state index is -0.455. The first-order valence-electron chi connectivity index (χ1n) is 6.12. The lowest BCUT2D eigenvalue weighted by molar-refractivity contribution is 0.328. The fraction of sp³-hybridized carbons (Fsp3) is 0.143. The Labute approximate surface area is 119 Å². The Bertz CT molecular complexity index is 772. The first-order valence-corrected chi connectivity index (χ1v) is 6.50. The number of aromatic amines is 1. The molecule has 3 rings (SSSR count). The van der Waals surface area contributed by atoms with Crippen molar-refractivity contribution >= 4 is 22.8 Å². The van der Waals surface area contributed by atoms with Gasteiger partial charge in [0.15, 0.2) is 5.65 Å². The van der Waals surface area contributed by atoms with Crippen LogP contribution in [0.5, 0.6) is 5.88 Å². The number of hydrogen-bond acceptors (Lipinski definition) is 3. The Kier molecular flexibility index (Phi) is 3.28. The molecule has 102 valence electrons. The molecule has 20 heavy (non-hydrogen) atoms. The van der Waals surface area contributed by atoms with E-state index in [4.69, 9.17) is 16.3 Å². The van der Waals surface area contributed by atoms with Gasteiger partial charge in [-0.15, -0.1) is 0 Å². The molecule has 6 heteroatoms. The van der Waals surface area contributed by atoms with Crippen LogP contribution >= 0.6 is 11.6 Å². The van der Waals surface area contributed by atoms with Crippen molar-refractivity contribution < 1.29 is 9.13 Å². The van der Waals surface area contributed by atoms with Gasteiger partial charge in [0, 0.05) is 11.6 Å². The zero-order chi connectivity index (χ0) is 14.1. The second-order valence-electron chi connectivity index (χ2n) is 4.17. The molecule has 3 aromatic rings. The first-order chi connectivity index (χ1) is 9.67. The molecule has 0 bridgehead atoms. The Morgan fingerprint density at radius 1 is 1.25 bits per heavy atom. The van der Waals surface area contributed by atoms with Crippen LogP contribution < -0.4 is 4.74 Å². The van der Waals surface area contributed by atoms with E-state index in [1.54, 1.807) is 12.1 Å². The van der Waals surface area contributed by atoms with Gasteiger partial charge in [0.25, 0.3) is 0 Å². The number of ether oxygens (including phenoxy) is 1. The van der Waals surface area contributed by atoms with Gasteiger partial charge in [0.1, 0.15) is 11.6 Å². The molecular weight excluding hydrogens is 281 g/mol. The second kappa shape index (κ2) is 5.09. The third-order valence-electron chi connectivity index (χ3n) is 2.81. The van der Waals surface area contributed by atoms with E-state index in [1.807, 2.05) is 13.0 Å². The van der Waals surface area contributed by atoms with Crippen LogP contribution in [0.25, 0.3) is 22.6 Å². The molecule has 0 aliphatic carbocycles. The Morgan fingerprint density at radius 3 is 2.85 bits per heavy atom. The van der Waals surface area contributed by atoms with Crippen molar-refractivity contribution in [3.63, 3.8) is 0 Å². The average Bonchev–Trinajstić information content (AvgIpc) is 2.85. The maximum Gasteiger partial charge on any atom is 0.215 e. The monoisotopic (exact) mass is 291 g/mol. The number of pyridine rings is 1. The summed E-state index contributed by atoms with van der Waals surface area (Å²) in [6.07, 6.45) is 0. The highest BCUT2D eigenvalue weighted by Crippen LogP contribution is 2.25. The smallest absolute Gasteiger partial charge is 0.215 e. The molecule has 0 unspecified atom stereocenters. The molecule has 1 aromatic carbocycles. The van der Waals surface area contributed by atoms with Gasteiger partial charge in [-0.3, -0.25) is 0 Å². The summed E-state index contributed by atoms with van der Waals surface area (Å²) >= 11 is 5.78. The highest BCUT2D eigenvalue weighted by molar-refractivity contribution is 6.31. The predicted octanol–water partition coefficient (Wildman–Crippen LogP) is 3.82. The lowest BCUT2D eigenvalue weighted by Crippen LogP contribution is -1.93. The molecule has 0 spiro atoms. The molecule has 0 fully saturated rings. The topological polar surface area (TPSA) is 50.8 Å². The summed E-state index contributed by atoms with van der Waals surface area (Å²) < 4.78 is 18.5. The quantitative estimate of drug-likeness (QED) is 0.798. The summed E-state index contributed by atoms with van der Waals surface area (Å²) in [6, 6.07) is 8.06. The number of fused-ring (bicyclic) bond motifs is 1. The van der Waals surface area contributed by atoms with Gasteiger partial charge in [-0.05, 0) is 31.2 Å². The molecule has 0 aliphatic heterocycles. The third kappa shape index (κ3) is 2.32. The van der Waals surface area contributed by atoms with E-state index in [9.17, 15) is 4.39 Å². The minimum absolute atomic E-state index is 0.0610. The summed E-state index contributed by atoms with van der Waals surface area (Å²) in [4.78, 5) is 11.8. The van der Waals surface area contributed by atoms with Crippen LogP contribution in [0.1, 0.15) is 6.92 Å². The van der Waals surface area contributed by atoms with Gasteiger partial charge < -0.3 is 9.72 Å². The summed E-state index contributed by atoms with van der Waals surface area (Å²) in [7, 11) is 0. The van der Waals surface area contributed by atoms with E-state index in [-0.39, 0.29) is 5.02 Å². The van der Waals surface area contributed by atoms with Crippen molar-refractivity contribution in [1.29, 1.82) is 0 Å². The number of rotatable bonds is 3. The first kappa shape index (κ1) is 12.9. The van der Waals surface area contributed by atoms with E-state index >= 15 is 0 Å². The molecule has 0 amide bonds. The van der Waals surface area contributed by atoms with Crippen LogP contribution in [-0.4, -0.2) is 21.6 Å². The van der Waals surface area contributed by atoms with Gasteiger partial charge in [-0.25, -0.2) is 9.37 Å². The lowest BCUT2D eigenvalue weighted by atomic mass is 10.2. The molecule has 0 aliphatic rings. The van der Waals surface area contributed by atoms with E-state index in [0.29, 0.717) is 29.5 Å². The van der Waals surface area contributed by atoms with E-state index < -0.39 is 5.82 Å². The van der Waals surface area contributed by atoms with Crippen LogP contribution in [0.15, 0.2) is 30.3 Å². The minimum Gasteiger partial charge on any atom is -0.478 e. The van der Waals surface area contributed by atoms with Gasteiger partial charge in [0.05, 0.1) is 17.1 Å².